The van der Waals surface area contributed by atoms with Crippen LogP contribution in [0.25, 0.3) is 11.0 Å². The smallest absolute Gasteiger partial charge is 0.235 e. The van der Waals surface area contributed by atoms with Gasteiger partial charge in [-0.25, -0.2) is 0 Å². The first kappa shape index (κ1) is 21.2. The third kappa shape index (κ3) is 5.00. The van der Waals surface area contributed by atoms with Gasteiger partial charge in [0, 0.05) is 10.5 Å². The van der Waals surface area contributed by atoms with Crippen molar-refractivity contribution >= 4 is 26.9 Å². The van der Waals surface area contributed by atoms with Gasteiger partial charge in [0.1, 0.15) is 30.0 Å². The molecule has 4 nitrogen and oxygen atoms in total. The van der Waals surface area contributed by atoms with Crippen molar-refractivity contribution in [3.63, 3.8) is 0 Å². The van der Waals surface area contributed by atoms with Gasteiger partial charge in [-0.15, -0.1) is 0 Å². The first-order chi connectivity index (χ1) is 14.8. The molecule has 0 aliphatic heterocycles. The fourth-order valence-corrected chi connectivity index (χ4v) is 3.64. The zero-order valence-electron chi connectivity index (χ0n) is 17.6. The summed E-state index contributed by atoms with van der Waals surface area (Å²) in [5.41, 5.74) is 2.52. The summed E-state index contributed by atoms with van der Waals surface area (Å²) in [5, 5.41) is 0.443. The van der Waals surface area contributed by atoms with Crippen LogP contribution < -0.4 is 14.9 Å². The molecule has 0 saturated carbocycles. The molecule has 4 rings (SSSR count). The summed E-state index contributed by atoms with van der Waals surface area (Å²) in [6.45, 7) is 6.87. The van der Waals surface area contributed by atoms with Crippen LogP contribution in [0, 0.1) is 0 Å². The molecule has 0 bridgehead atoms. The molecule has 0 atom stereocenters. The van der Waals surface area contributed by atoms with Gasteiger partial charge >= 0.3 is 0 Å². The Bertz CT molecular complexity index is 1270. The van der Waals surface area contributed by atoms with E-state index in [0.29, 0.717) is 29.1 Å². The molecule has 0 N–H and O–H groups in total. The molecule has 1 heterocycles. The van der Waals surface area contributed by atoms with Crippen LogP contribution in [0.3, 0.4) is 0 Å². The molecule has 0 radical (unpaired) electrons. The van der Waals surface area contributed by atoms with Crippen molar-refractivity contribution in [3.8, 4) is 17.2 Å². The number of hydrogen-bond donors (Lipinski definition) is 0. The van der Waals surface area contributed by atoms with Gasteiger partial charge in [-0.2, -0.15) is 0 Å². The maximum atomic E-state index is 12.9. The standard InChI is InChI=1S/C26H23BrO4/c1-26(2,3)18-7-9-20(10-8-18)31-24-16-30-23-14-21(11-12-22(23)25(24)28)29-15-17-5-4-6-19(27)13-17/h4-14,16H,15H2,1-3H3. The van der Waals surface area contributed by atoms with Crippen molar-refractivity contribution < 1.29 is 13.9 Å². The minimum Gasteiger partial charge on any atom is -0.489 e. The maximum Gasteiger partial charge on any atom is 0.235 e. The van der Waals surface area contributed by atoms with Crippen molar-refractivity contribution in [2.75, 3.05) is 0 Å². The Morgan fingerprint density at radius 3 is 2.39 bits per heavy atom. The minimum atomic E-state index is -0.223. The van der Waals surface area contributed by atoms with E-state index in [1.807, 2.05) is 48.5 Å². The van der Waals surface area contributed by atoms with Crippen molar-refractivity contribution in [3.05, 3.63) is 98.8 Å². The van der Waals surface area contributed by atoms with Crippen LogP contribution in [0.2, 0.25) is 0 Å². The van der Waals surface area contributed by atoms with Gasteiger partial charge in [0.25, 0.3) is 0 Å². The summed E-state index contributed by atoms with van der Waals surface area (Å²) in [6.07, 6.45) is 1.35. The highest BCUT2D eigenvalue weighted by atomic mass is 79.9. The van der Waals surface area contributed by atoms with Crippen LogP contribution in [-0.2, 0) is 12.0 Å². The second-order valence-corrected chi connectivity index (χ2v) is 9.30. The number of hydrogen-bond acceptors (Lipinski definition) is 4. The molecule has 4 aromatic rings. The zero-order valence-corrected chi connectivity index (χ0v) is 19.2. The predicted octanol–water partition coefficient (Wildman–Crippen LogP) is 7.22. The Morgan fingerprint density at radius 1 is 0.935 bits per heavy atom. The molecule has 158 valence electrons. The Balaban J connectivity index is 1.52. The average Bonchev–Trinajstić information content (AvgIpc) is 2.74. The third-order valence-corrected chi connectivity index (χ3v) is 5.45. The first-order valence-corrected chi connectivity index (χ1v) is 10.8. The molecule has 0 aliphatic rings. The molecule has 3 aromatic carbocycles. The summed E-state index contributed by atoms with van der Waals surface area (Å²) in [4.78, 5) is 12.9. The Kier molecular flexibility index (Phi) is 5.88. The van der Waals surface area contributed by atoms with Crippen LogP contribution in [0.4, 0.5) is 0 Å². The normalized spacial score (nSPS) is 11.5. The number of fused-ring (bicyclic) bond motifs is 1. The first-order valence-electron chi connectivity index (χ1n) is 10.0. The number of ether oxygens (including phenoxy) is 2. The fourth-order valence-electron chi connectivity index (χ4n) is 3.19. The Labute approximate surface area is 189 Å². The molecule has 0 aliphatic carbocycles. The molecule has 31 heavy (non-hydrogen) atoms. The SMILES string of the molecule is CC(C)(C)c1ccc(Oc2coc3cc(OCc4cccc(Br)c4)ccc3c2=O)cc1. The minimum absolute atomic E-state index is 0.0529. The molecular weight excluding hydrogens is 456 g/mol. The summed E-state index contributed by atoms with van der Waals surface area (Å²) in [5.74, 6) is 1.37. The largest absolute Gasteiger partial charge is 0.489 e. The lowest BCUT2D eigenvalue weighted by Gasteiger charge is -2.19. The lowest BCUT2D eigenvalue weighted by molar-refractivity contribution is 0.306. The van der Waals surface area contributed by atoms with Crippen molar-refractivity contribution in [2.45, 2.75) is 32.8 Å². The van der Waals surface area contributed by atoms with Crippen molar-refractivity contribution in [1.82, 2.24) is 0 Å². The van der Waals surface area contributed by atoms with Gasteiger partial charge in [0.05, 0.1) is 5.39 Å². The Hall–Kier alpha value is -3.05. The van der Waals surface area contributed by atoms with Gasteiger partial charge in [0.15, 0.2) is 0 Å². The summed E-state index contributed by atoms with van der Waals surface area (Å²) < 4.78 is 18.3. The Morgan fingerprint density at radius 2 is 1.68 bits per heavy atom. The van der Waals surface area contributed by atoms with E-state index in [-0.39, 0.29) is 16.6 Å². The van der Waals surface area contributed by atoms with Crippen molar-refractivity contribution in [1.29, 1.82) is 0 Å². The molecule has 0 amide bonds. The number of halogens is 1. The van der Waals surface area contributed by atoms with E-state index in [1.165, 1.54) is 11.8 Å². The van der Waals surface area contributed by atoms with E-state index in [1.54, 1.807) is 18.2 Å². The van der Waals surface area contributed by atoms with Gasteiger partial charge in [-0.05, 0) is 52.9 Å². The topological polar surface area (TPSA) is 48.7 Å². The third-order valence-electron chi connectivity index (χ3n) is 4.96. The molecule has 0 unspecified atom stereocenters. The molecule has 0 spiro atoms. The molecular formula is C26H23BrO4. The second kappa shape index (κ2) is 8.60. The summed E-state index contributed by atoms with van der Waals surface area (Å²) in [7, 11) is 0. The highest BCUT2D eigenvalue weighted by molar-refractivity contribution is 9.10. The zero-order chi connectivity index (χ0) is 22.0. The van der Waals surface area contributed by atoms with E-state index in [9.17, 15) is 4.79 Å². The lowest BCUT2D eigenvalue weighted by Crippen LogP contribution is -2.10. The van der Waals surface area contributed by atoms with Gasteiger partial charge in [-0.3, -0.25) is 4.79 Å². The lowest BCUT2D eigenvalue weighted by atomic mass is 9.87. The van der Waals surface area contributed by atoms with Crippen LogP contribution in [-0.4, -0.2) is 0 Å². The van der Waals surface area contributed by atoms with Gasteiger partial charge < -0.3 is 13.9 Å². The molecule has 0 saturated heterocycles. The second-order valence-electron chi connectivity index (χ2n) is 8.38. The summed E-state index contributed by atoms with van der Waals surface area (Å²) >= 11 is 3.45. The van der Waals surface area contributed by atoms with Gasteiger partial charge in [0.2, 0.25) is 11.2 Å². The van der Waals surface area contributed by atoms with E-state index in [2.05, 4.69) is 36.7 Å². The van der Waals surface area contributed by atoms with Crippen LogP contribution in [0.5, 0.6) is 17.2 Å². The van der Waals surface area contributed by atoms with Crippen LogP contribution in [0.15, 0.2) is 86.7 Å². The van der Waals surface area contributed by atoms with E-state index >= 15 is 0 Å². The number of rotatable bonds is 5. The van der Waals surface area contributed by atoms with Crippen LogP contribution >= 0.6 is 15.9 Å². The van der Waals surface area contributed by atoms with E-state index in [0.717, 1.165) is 10.0 Å². The maximum absolute atomic E-state index is 12.9. The van der Waals surface area contributed by atoms with Gasteiger partial charge in [-0.1, -0.05) is 61.0 Å². The number of benzene rings is 3. The highest BCUT2D eigenvalue weighted by Crippen LogP contribution is 2.27. The molecule has 0 fully saturated rings. The molecule has 1 aromatic heterocycles. The van der Waals surface area contributed by atoms with Crippen LogP contribution in [0.1, 0.15) is 31.9 Å². The molecule has 5 heteroatoms. The quantitative estimate of drug-likeness (QED) is 0.303. The highest BCUT2D eigenvalue weighted by Gasteiger charge is 2.14. The van der Waals surface area contributed by atoms with E-state index < -0.39 is 0 Å². The monoisotopic (exact) mass is 478 g/mol. The predicted molar refractivity (Wildman–Crippen MR) is 126 cm³/mol. The average molecular weight is 479 g/mol. The van der Waals surface area contributed by atoms with Crippen molar-refractivity contribution in [2.24, 2.45) is 0 Å². The fraction of sp³-hybridized carbons (Fsp3) is 0.192. The summed E-state index contributed by atoms with van der Waals surface area (Å²) in [6, 6.07) is 20.8. The van der Waals surface area contributed by atoms with E-state index in [4.69, 9.17) is 13.9 Å².